The average molecular weight is 318 g/mol. The van der Waals surface area contributed by atoms with Crippen LogP contribution in [0.25, 0.3) is 10.8 Å². The van der Waals surface area contributed by atoms with Crippen LogP contribution in [-0.2, 0) is 0 Å². The van der Waals surface area contributed by atoms with E-state index in [9.17, 15) is 0 Å². The first-order valence-electron chi connectivity index (χ1n) is 8.85. The number of aromatic nitrogens is 1. The molecule has 1 unspecified atom stereocenters. The number of hydrogen-bond donors (Lipinski definition) is 1. The predicted octanol–water partition coefficient (Wildman–Crippen LogP) is 6.62. The number of para-hydroxylation sites is 1. The number of hydrogen-bond acceptors (Lipinski definition) is 2. The first-order chi connectivity index (χ1) is 11.6. The molecule has 0 saturated heterocycles. The van der Waals surface area contributed by atoms with Gasteiger partial charge in [-0.05, 0) is 40.8 Å². The van der Waals surface area contributed by atoms with Gasteiger partial charge in [0, 0.05) is 17.3 Å². The fourth-order valence-corrected chi connectivity index (χ4v) is 3.18. The molecule has 124 valence electrons. The lowest BCUT2D eigenvalue weighted by molar-refractivity contribution is 0.731. The minimum Gasteiger partial charge on any atom is -0.339 e. The van der Waals surface area contributed by atoms with Crippen molar-refractivity contribution in [2.75, 3.05) is 5.32 Å². The van der Waals surface area contributed by atoms with Gasteiger partial charge in [-0.1, -0.05) is 70.2 Å². The summed E-state index contributed by atoms with van der Waals surface area (Å²) >= 11 is 0. The third-order valence-corrected chi connectivity index (χ3v) is 4.81. The molecule has 0 radical (unpaired) electrons. The lowest BCUT2D eigenvalue weighted by Crippen LogP contribution is -2.06. The van der Waals surface area contributed by atoms with Crippen molar-refractivity contribution in [3.8, 4) is 0 Å². The number of nitrogens with one attached hydrogen (secondary N) is 1. The third kappa shape index (κ3) is 3.14. The summed E-state index contributed by atoms with van der Waals surface area (Å²) in [6, 6.07) is 17.1. The molecular weight excluding hydrogens is 292 g/mol. The van der Waals surface area contributed by atoms with Crippen molar-refractivity contribution in [2.24, 2.45) is 0 Å². The Morgan fingerprint density at radius 3 is 2.42 bits per heavy atom. The number of rotatable bonds is 5. The van der Waals surface area contributed by atoms with Crippen molar-refractivity contribution in [1.82, 2.24) is 4.98 Å². The van der Waals surface area contributed by atoms with Gasteiger partial charge in [-0.25, -0.2) is 4.98 Å². The zero-order valence-electron chi connectivity index (χ0n) is 15.0. The summed E-state index contributed by atoms with van der Waals surface area (Å²) < 4.78 is 0. The Balaban J connectivity index is 2.14. The smallest absolute Gasteiger partial charge is 0.138 e. The van der Waals surface area contributed by atoms with Gasteiger partial charge in [0.1, 0.15) is 5.82 Å². The number of fused-ring (bicyclic) bond motifs is 1. The zero-order chi connectivity index (χ0) is 17.1. The molecular formula is C22H26N2. The van der Waals surface area contributed by atoms with Crippen LogP contribution in [0.2, 0.25) is 0 Å². The summed E-state index contributed by atoms with van der Waals surface area (Å²) in [4.78, 5) is 4.62. The van der Waals surface area contributed by atoms with Crippen LogP contribution in [0.1, 0.15) is 57.1 Å². The lowest BCUT2D eigenvalue weighted by atomic mass is 9.90. The molecule has 24 heavy (non-hydrogen) atoms. The zero-order valence-corrected chi connectivity index (χ0v) is 15.0. The van der Waals surface area contributed by atoms with Crippen molar-refractivity contribution < 1.29 is 0 Å². The summed E-state index contributed by atoms with van der Waals surface area (Å²) in [6.45, 7) is 9.03. The Hall–Kier alpha value is -2.35. The van der Waals surface area contributed by atoms with Crippen LogP contribution in [0, 0.1) is 0 Å². The first kappa shape index (κ1) is 16.5. The summed E-state index contributed by atoms with van der Waals surface area (Å²) in [7, 11) is 0. The molecule has 0 saturated carbocycles. The van der Waals surface area contributed by atoms with Gasteiger partial charge < -0.3 is 5.32 Å². The molecule has 1 aromatic heterocycles. The van der Waals surface area contributed by atoms with E-state index in [1.165, 1.54) is 22.2 Å². The van der Waals surface area contributed by atoms with E-state index in [0.29, 0.717) is 11.8 Å². The Labute approximate surface area is 144 Å². The summed E-state index contributed by atoms with van der Waals surface area (Å²) in [6.07, 6.45) is 3.00. The van der Waals surface area contributed by atoms with E-state index in [1.807, 2.05) is 6.20 Å². The number of anilines is 2. The summed E-state index contributed by atoms with van der Waals surface area (Å²) in [5.74, 6) is 1.92. The van der Waals surface area contributed by atoms with Gasteiger partial charge in [0.05, 0.1) is 0 Å². The molecule has 0 spiro atoms. The summed E-state index contributed by atoms with van der Waals surface area (Å²) in [5.41, 5.74) is 3.95. The molecule has 3 aromatic rings. The van der Waals surface area contributed by atoms with Crippen molar-refractivity contribution in [3.63, 3.8) is 0 Å². The number of nitrogens with zero attached hydrogens (tertiary/aromatic N) is 1. The van der Waals surface area contributed by atoms with Gasteiger partial charge in [-0.3, -0.25) is 0 Å². The van der Waals surface area contributed by atoms with Crippen LogP contribution in [0.4, 0.5) is 11.5 Å². The topological polar surface area (TPSA) is 24.9 Å². The fourth-order valence-electron chi connectivity index (χ4n) is 3.18. The second-order valence-electron chi connectivity index (χ2n) is 6.78. The monoisotopic (exact) mass is 318 g/mol. The second kappa shape index (κ2) is 7.04. The Morgan fingerprint density at radius 2 is 1.67 bits per heavy atom. The average Bonchev–Trinajstić information content (AvgIpc) is 2.61. The molecule has 1 heterocycles. The highest BCUT2D eigenvalue weighted by Gasteiger charge is 2.16. The van der Waals surface area contributed by atoms with Crippen LogP contribution >= 0.6 is 0 Å². The molecule has 1 N–H and O–H groups in total. The molecule has 3 rings (SSSR count). The SMILES string of the molecule is CCC(C)c1cccc(C(C)C)c1Nc1nccc2ccccc12. The third-order valence-electron chi connectivity index (χ3n) is 4.81. The van der Waals surface area contributed by atoms with Crippen molar-refractivity contribution in [1.29, 1.82) is 0 Å². The normalized spacial score (nSPS) is 12.5. The molecule has 0 aliphatic carbocycles. The van der Waals surface area contributed by atoms with Gasteiger partial charge >= 0.3 is 0 Å². The van der Waals surface area contributed by atoms with E-state index in [0.717, 1.165) is 17.6 Å². The molecule has 1 atom stereocenters. The van der Waals surface area contributed by atoms with Gasteiger partial charge in [-0.2, -0.15) is 0 Å². The fraction of sp³-hybridized carbons (Fsp3) is 0.318. The lowest BCUT2D eigenvalue weighted by Gasteiger charge is -2.22. The predicted molar refractivity (Wildman–Crippen MR) is 104 cm³/mol. The van der Waals surface area contributed by atoms with Gasteiger partial charge in [0.2, 0.25) is 0 Å². The highest BCUT2D eigenvalue weighted by Crippen LogP contribution is 2.36. The molecule has 0 aliphatic heterocycles. The maximum absolute atomic E-state index is 4.62. The summed E-state index contributed by atoms with van der Waals surface area (Å²) in [5, 5.41) is 6.04. The van der Waals surface area contributed by atoms with E-state index < -0.39 is 0 Å². The van der Waals surface area contributed by atoms with E-state index >= 15 is 0 Å². The van der Waals surface area contributed by atoms with E-state index in [-0.39, 0.29) is 0 Å². The van der Waals surface area contributed by atoms with Crippen molar-refractivity contribution >= 4 is 22.3 Å². The van der Waals surface area contributed by atoms with E-state index in [2.05, 4.69) is 86.5 Å². The van der Waals surface area contributed by atoms with Gasteiger partial charge in [0.15, 0.2) is 0 Å². The van der Waals surface area contributed by atoms with Gasteiger partial charge in [0.25, 0.3) is 0 Å². The van der Waals surface area contributed by atoms with Gasteiger partial charge in [-0.15, -0.1) is 0 Å². The van der Waals surface area contributed by atoms with Crippen LogP contribution in [0.5, 0.6) is 0 Å². The maximum atomic E-state index is 4.62. The number of pyridine rings is 1. The van der Waals surface area contributed by atoms with Crippen LogP contribution in [-0.4, -0.2) is 4.98 Å². The molecule has 0 fully saturated rings. The molecule has 2 heteroatoms. The quantitative estimate of drug-likeness (QED) is 0.572. The largest absolute Gasteiger partial charge is 0.339 e. The van der Waals surface area contributed by atoms with Crippen molar-refractivity contribution in [3.05, 3.63) is 65.9 Å². The standard InChI is InChI=1S/C22H26N2/c1-5-16(4)19-12-8-11-18(15(2)3)21(19)24-22-20-10-7-6-9-17(20)13-14-23-22/h6-16H,5H2,1-4H3,(H,23,24). The first-order valence-corrected chi connectivity index (χ1v) is 8.85. The number of benzene rings is 2. The van der Waals surface area contributed by atoms with E-state index in [4.69, 9.17) is 0 Å². The van der Waals surface area contributed by atoms with Crippen LogP contribution in [0.15, 0.2) is 54.7 Å². The highest BCUT2D eigenvalue weighted by molar-refractivity contribution is 5.93. The highest BCUT2D eigenvalue weighted by atomic mass is 15.0. The molecule has 0 amide bonds. The molecule has 2 nitrogen and oxygen atoms in total. The molecule has 0 bridgehead atoms. The minimum absolute atomic E-state index is 0.464. The minimum atomic E-state index is 0.464. The Morgan fingerprint density at radius 1 is 0.917 bits per heavy atom. The van der Waals surface area contributed by atoms with Crippen LogP contribution < -0.4 is 5.32 Å². The second-order valence-corrected chi connectivity index (χ2v) is 6.78. The van der Waals surface area contributed by atoms with Crippen molar-refractivity contribution in [2.45, 2.75) is 46.0 Å². The molecule has 0 aliphatic rings. The van der Waals surface area contributed by atoms with Crippen LogP contribution in [0.3, 0.4) is 0 Å². The Bertz CT molecular complexity index is 831. The Kier molecular flexibility index (Phi) is 4.84. The maximum Gasteiger partial charge on any atom is 0.138 e. The molecule has 2 aromatic carbocycles. The van der Waals surface area contributed by atoms with E-state index in [1.54, 1.807) is 0 Å².